The minimum absolute atomic E-state index is 0.242. The van der Waals surface area contributed by atoms with Crippen LogP contribution in [0.3, 0.4) is 0 Å². The Labute approximate surface area is 220 Å². The van der Waals surface area contributed by atoms with Crippen LogP contribution >= 0.6 is 11.3 Å². The molecule has 0 saturated carbocycles. The van der Waals surface area contributed by atoms with Crippen molar-refractivity contribution in [3.63, 3.8) is 0 Å². The van der Waals surface area contributed by atoms with Crippen LogP contribution in [0.2, 0.25) is 0 Å². The summed E-state index contributed by atoms with van der Waals surface area (Å²) in [5.41, 5.74) is 5.35. The molecule has 0 radical (unpaired) electrons. The molecule has 0 aliphatic carbocycles. The molecule has 0 amide bonds. The highest BCUT2D eigenvalue weighted by molar-refractivity contribution is 7.23. The van der Waals surface area contributed by atoms with Gasteiger partial charge in [0.05, 0.1) is 15.9 Å². The van der Waals surface area contributed by atoms with E-state index < -0.39 is 6.17 Å². The lowest BCUT2D eigenvalue weighted by Gasteiger charge is -2.28. The molecular formula is C29H33F2N5S. The normalized spacial score (nSPS) is 19.2. The second-order valence-electron chi connectivity index (χ2n) is 10.2. The van der Waals surface area contributed by atoms with Gasteiger partial charge in [-0.1, -0.05) is 30.0 Å². The molecule has 0 spiro atoms. The van der Waals surface area contributed by atoms with Crippen LogP contribution in [0.15, 0.2) is 49.2 Å². The zero-order valence-corrected chi connectivity index (χ0v) is 21.8. The van der Waals surface area contributed by atoms with Gasteiger partial charge in [0.2, 0.25) is 0 Å². The highest BCUT2D eigenvalue weighted by Gasteiger charge is 2.20. The molecule has 4 aromatic rings. The van der Waals surface area contributed by atoms with E-state index >= 15 is 0 Å². The Bertz CT molecular complexity index is 1410. The molecule has 2 aliphatic rings. The third kappa shape index (κ3) is 5.15. The topological polar surface area (TPSA) is 44.6 Å². The smallest absolute Gasteiger partial charge is 0.195 e. The van der Waals surface area contributed by atoms with E-state index in [-0.39, 0.29) is 11.9 Å². The molecule has 2 aliphatic heterocycles. The van der Waals surface area contributed by atoms with E-state index in [2.05, 4.69) is 44.7 Å². The molecule has 2 fully saturated rings. The number of aromatic nitrogens is 2. The molecule has 2 aromatic carbocycles. The van der Waals surface area contributed by atoms with Gasteiger partial charge in [0.25, 0.3) is 0 Å². The van der Waals surface area contributed by atoms with Crippen molar-refractivity contribution in [3.05, 3.63) is 66.1 Å². The summed E-state index contributed by atoms with van der Waals surface area (Å²) in [7, 11) is 0. The van der Waals surface area contributed by atoms with E-state index in [9.17, 15) is 8.78 Å². The molecular weight excluding hydrogens is 488 g/mol. The van der Waals surface area contributed by atoms with Gasteiger partial charge >= 0.3 is 0 Å². The van der Waals surface area contributed by atoms with Crippen LogP contribution in [-0.2, 0) is 0 Å². The van der Waals surface area contributed by atoms with Crippen molar-refractivity contribution in [2.45, 2.75) is 44.3 Å². The second kappa shape index (κ2) is 10.5. The predicted molar refractivity (Wildman–Crippen MR) is 148 cm³/mol. The Morgan fingerprint density at radius 3 is 2.84 bits per heavy atom. The van der Waals surface area contributed by atoms with Gasteiger partial charge < -0.3 is 15.5 Å². The van der Waals surface area contributed by atoms with Crippen molar-refractivity contribution in [1.29, 1.82) is 0 Å². The van der Waals surface area contributed by atoms with E-state index in [1.807, 2.05) is 18.3 Å². The van der Waals surface area contributed by atoms with E-state index in [0.29, 0.717) is 24.1 Å². The maximum Gasteiger partial charge on any atom is 0.195 e. The lowest BCUT2D eigenvalue weighted by Crippen LogP contribution is -2.35. The number of piperidine rings is 1. The second-order valence-corrected chi connectivity index (χ2v) is 11.2. The molecule has 2 N–H and O–H groups in total. The number of benzene rings is 2. The van der Waals surface area contributed by atoms with Gasteiger partial charge in [-0.15, -0.1) is 0 Å². The summed E-state index contributed by atoms with van der Waals surface area (Å²) in [6.07, 6.45) is 5.86. The molecule has 194 valence electrons. The average molecular weight is 522 g/mol. The van der Waals surface area contributed by atoms with Gasteiger partial charge in [0.1, 0.15) is 12.0 Å². The predicted octanol–water partition coefficient (Wildman–Crippen LogP) is 6.16. The number of hydrogen-bond acceptors (Lipinski definition) is 5. The first kappa shape index (κ1) is 24.5. The fraction of sp³-hybridized carbons (Fsp3) is 0.414. The van der Waals surface area contributed by atoms with Crippen LogP contribution in [0.5, 0.6) is 0 Å². The van der Waals surface area contributed by atoms with Gasteiger partial charge in [-0.3, -0.25) is 4.40 Å². The Morgan fingerprint density at radius 2 is 2.03 bits per heavy atom. The number of halogens is 2. The quantitative estimate of drug-likeness (QED) is 0.273. The minimum Gasteiger partial charge on any atom is -0.385 e. The Morgan fingerprint density at radius 1 is 1.16 bits per heavy atom. The molecule has 1 unspecified atom stereocenters. The van der Waals surface area contributed by atoms with Crippen molar-refractivity contribution in [2.24, 2.45) is 0 Å². The summed E-state index contributed by atoms with van der Waals surface area (Å²) >= 11 is 1.60. The highest BCUT2D eigenvalue weighted by Crippen LogP contribution is 2.33. The van der Waals surface area contributed by atoms with E-state index in [4.69, 9.17) is 4.98 Å². The van der Waals surface area contributed by atoms with Crippen molar-refractivity contribution in [3.8, 4) is 11.3 Å². The zero-order valence-electron chi connectivity index (χ0n) is 21.0. The number of nitrogens with one attached hydrogen (secondary N) is 2. The summed E-state index contributed by atoms with van der Waals surface area (Å²) in [6.45, 7) is 8.78. The highest BCUT2D eigenvalue weighted by atomic mass is 32.1. The van der Waals surface area contributed by atoms with Gasteiger partial charge in [0, 0.05) is 43.1 Å². The van der Waals surface area contributed by atoms with Gasteiger partial charge in [-0.25, -0.2) is 13.8 Å². The van der Waals surface area contributed by atoms with Crippen molar-refractivity contribution in [2.75, 3.05) is 32.7 Å². The number of hydrogen-bond donors (Lipinski definition) is 2. The molecule has 5 nitrogen and oxygen atoms in total. The van der Waals surface area contributed by atoms with Crippen LogP contribution < -0.4 is 10.6 Å². The Hall–Kier alpha value is -2.81. The SMILES string of the molecule is C=C(NCCCN1CCC(F)CC1)c1ccc2c(c1)sc1nc(-c3cc(C4CCCN4)ccc3F)cn12. The van der Waals surface area contributed by atoms with Crippen LogP contribution in [0.4, 0.5) is 8.78 Å². The first-order chi connectivity index (χ1) is 18.0. The third-order valence-corrected chi connectivity index (χ3v) is 8.70. The molecule has 2 saturated heterocycles. The monoisotopic (exact) mass is 521 g/mol. The van der Waals surface area contributed by atoms with Crippen LogP contribution in [-0.4, -0.2) is 53.2 Å². The van der Waals surface area contributed by atoms with Crippen molar-refractivity contribution < 1.29 is 8.78 Å². The fourth-order valence-electron chi connectivity index (χ4n) is 5.51. The van der Waals surface area contributed by atoms with E-state index in [0.717, 1.165) is 84.0 Å². The minimum atomic E-state index is -0.623. The van der Waals surface area contributed by atoms with Crippen LogP contribution in [0.1, 0.15) is 49.3 Å². The number of rotatable bonds is 8. The van der Waals surface area contributed by atoms with E-state index in [1.165, 1.54) is 0 Å². The Kier molecular flexibility index (Phi) is 6.97. The molecule has 37 heavy (non-hydrogen) atoms. The molecule has 2 aromatic heterocycles. The number of imidazole rings is 1. The summed E-state index contributed by atoms with van der Waals surface area (Å²) < 4.78 is 31.3. The largest absolute Gasteiger partial charge is 0.385 e. The first-order valence-corrected chi connectivity index (χ1v) is 14.1. The summed E-state index contributed by atoms with van der Waals surface area (Å²) in [5.74, 6) is -0.242. The Balaban J connectivity index is 1.14. The van der Waals surface area contributed by atoms with Crippen molar-refractivity contribution >= 4 is 32.2 Å². The van der Waals surface area contributed by atoms with Crippen LogP contribution in [0.25, 0.3) is 32.1 Å². The maximum atomic E-state index is 14.8. The van der Waals surface area contributed by atoms with E-state index in [1.54, 1.807) is 17.4 Å². The number of fused-ring (bicyclic) bond motifs is 3. The molecule has 1 atom stereocenters. The number of thiazole rings is 1. The lowest BCUT2D eigenvalue weighted by atomic mass is 10.0. The molecule has 6 rings (SSSR count). The number of alkyl halides is 1. The summed E-state index contributed by atoms with van der Waals surface area (Å²) in [6, 6.07) is 12.0. The number of nitrogens with zero attached hydrogens (tertiary/aromatic N) is 3. The average Bonchev–Trinajstić information content (AvgIpc) is 3.64. The molecule has 8 heteroatoms. The van der Waals surface area contributed by atoms with Crippen LogP contribution in [0, 0.1) is 5.82 Å². The summed E-state index contributed by atoms with van der Waals surface area (Å²) in [4.78, 5) is 7.98. The molecule has 0 bridgehead atoms. The fourth-order valence-corrected chi connectivity index (χ4v) is 6.56. The van der Waals surface area contributed by atoms with Crippen molar-refractivity contribution in [1.82, 2.24) is 24.9 Å². The zero-order chi connectivity index (χ0) is 25.4. The standard InChI is InChI=1S/C29H33F2N5S/c1-19(32-12-3-13-35-14-9-22(30)10-15-35)20-6-8-27-28(17-20)37-29-34-26(18-36(27)29)23-16-21(5-7-24(23)31)25-4-2-11-33-25/h5-8,16-18,22,25,32-33H,1-4,9-15H2. The number of likely N-dealkylation sites (tertiary alicyclic amines) is 1. The maximum absolute atomic E-state index is 14.8. The first-order valence-electron chi connectivity index (χ1n) is 13.3. The van der Waals surface area contributed by atoms with Gasteiger partial charge in [0.15, 0.2) is 4.96 Å². The third-order valence-electron chi connectivity index (χ3n) is 7.68. The molecule has 4 heterocycles. The summed E-state index contributed by atoms with van der Waals surface area (Å²) in [5, 5.41) is 6.94. The lowest BCUT2D eigenvalue weighted by molar-refractivity contribution is 0.150. The van der Waals surface area contributed by atoms with Gasteiger partial charge in [-0.05, 0) is 80.6 Å². The van der Waals surface area contributed by atoms with Gasteiger partial charge in [-0.2, -0.15) is 0 Å².